The van der Waals surface area contributed by atoms with Crippen molar-refractivity contribution in [1.82, 2.24) is 0 Å². The average molecular weight is 346 g/mol. The maximum absolute atomic E-state index is 10.3. The first-order valence-corrected chi connectivity index (χ1v) is 7.56. The first-order chi connectivity index (χ1) is 10.4. The smallest absolute Gasteiger partial charge is 0.357 e. The standard InChI is InChI=1S/C6H6O6S2.C6H4O2/c7-13(8)11-5-3-1-2-4-6(5)12-14(9)10;7-5-1-2-6(8)4-3-5/h1-4H,(H,7,8)(H,9,10);1-4H. The van der Waals surface area contributed by atoms with Crippen LogP contribution in [0.3, 0.4) is 0 Å². The average Bonchev–Trinajstić information content (AvgIpc) is 2.44. The van der Waals surface area contributed by atoms with Crippen LogP contribution in [0, 0.1) is 0 Å². The van der Waals surface area contributed by atoms with Gasteiger partial charge in [0.2, 0.25) is 0 Å². The third-order valence-corrected chi connectivity index (χ3v) is 2.64. The molecule has 0 bridgehead atoms. The molecule has 0 heterocycles. The van der Waals surface area contributed by atoms with Crippen LogP contribution in [0.4, 0.5) is 0 Å². The summed E-state index contributed by atoms with van der Waals surface area (Å²) < 4.78 is 46.3. The lowest BCUT2D eigenvalue weighted by Crippen LogP contribution is -2.02. The van der Waals surface area contributed by atoms with E-state index in [-0.39, 0.29) is 23.1 Å². The molecule has 1 aliphatic rings. The molecule has 118 valence electrons. The van der Waals surface area contributed by atoms with Crippen molar-refractivity contribution in [2.24, 2.45) is 0 Å². The van der Waals surface area contributed by atoms with Gasteiger partial charge in [0.05, 0.1) is 0 Å². The molecule has 2 rings (SSSR count). The Balaban J connectivity index is 0.000000255. The molecule has 2 atom stereocenters. The van der Waals surface area contributed by atoms with Gasteiger partial charge in [0.1, 0.15) is 0 Å². The molecule has 0 saturated heterocycles. The first-order valence-electron chi connectivity index (χ1n) is 5.50. The molecule has 8 nitrogen and oxygen atoms in total. The predicted molar refractivity (Wildman–Crippen MR) is 77.5 cm³/mol. The van der Waals surface area contributed by atoms with Crippen LogP contribution in [0.1, 0.15) is 0 Å². The topological polar surface area (TPSA) is 127 Å². The second-order valence-electron chi connectivity index (χ2n) is 3.52. The Morgan fingerprint density at radius 2 is 1.05 bits per heavy atom. The van der Waals surface area contributed by atoms with Crippen molar-refractivity contribution in [3.05, 3.63) is 48.6 Å². The molecule has 0 aromatic heterocycles. The van der Waals surface area contributed by atoms with Crippen LogP contribution in [-0.4, -0.2) is 29.1 Å². The zero-order valence-corrected chi connectivity index (χ0v) is 12.4. The fourth-order valence-corrected chi connectivity index (χ4v) is 1.76. The Hall–Kier alpha value is -2.14. The number of allylic oxidation sites excluding steroid dienone is 4. The molecule has 1 aromatic rings. The lowest BCUT2D eigenvalue weighted by atomic mass is 10.2. The third kappa shape index (κ3) is 7.04. The van der Waals surface area contributed by atoms with Crippen molar-refractivity contribution in [2.45, 2.75) is 0 Å². The minimum absolute atomic E-state index is 0.0873. The van der Waals surface area contributed by atoms with Gasteiger partial charge in [0.25, 0.3) is 0 Å². The quantitative estimate of drug-likeness (QED) is 0.610. The summed E-state index contributed by atoms with van der Waals surface area (Å²) in [6.45, 7) is 0. The normalized spacial score (nSPS) is 15.5. The van der Waals surface area contributed by atoms with Crippen molar-refractivity contribution in [1.29, 1.82) is 0 Å². The zero-order chi connectivity index (χ0) is 16.5. The number of carbonyl (C=O) groups is 2. The van der Waals surface area contributed by atoms with Crippen LogP contribution in [0.25, 0.3) is 0 Å². The summed E-state index contributed by atoms with van der Waals surface area (Å²) in [6.07, 6.45) is 5.01. The molecule has 0 spiro atoms. The van der Waals surface area contributed by atoms with E-state index in [4.69, 9.17) is 9.11 Å². The highest BCUT2D eigenvalue weighted by atomic mass is 32.2. The van der Waals surface area contributed by atoms with E-state index in [0.29, 0.717) is 0 Å². The monoisotopic (exact) mass is 346 g/mol. The number of rotatable bonds is 4. The largest absolute Gasteiger partial charge is 0.376 e. The summed E-state index contributed by atoms with van der Waals surface area (Å²) in [5.41, 5.74) is 0. The van der Waals surface area contributed by atoms with Gasteiger partial charge in [0.15, 0.2) is 23.1 Å². The highest BCUT2D eigenvalue weighted by molar-refractivity contribution is 7.74. The molecule has 2 unspecified atom stereocenters. The Labute approximate surface area is 130 Å². The lowest BCUT2D eigenvalue weighted by molar-refractivity contribution is -0.113. The van der Waals surface area contributed by atoms with Gasteiger partial charge in [-0.15, -0.1) is 0 Å². The highest BCUT2D eigenvalue weighted by Crippen LogP contribution is 2.27. The Bertz CT molecular complexity index is 592. The van der Waals surface area contributed by atoms with Crippen LogP contribution >= 0.6 is 0 Å². The summed E-state index contributed by atoms with van der Waals surface area (Å²) in [5.74, 6) is -0.416. The number of ketones is 2. The van der Waals surface area contributed by atoms with Crippen LogP contribution in [0.15, 0.2) is 48.6 Å². The van der Waals surface area contributed by atoms with Crippen LogP contribution in [0.2, 0.25) is 0 Å². The van der Waals surface area contributed by atoms with E-state index in [0.717, 1.165) is 0 Å². The molecule has 1 aromatic carbocycles. The van der Waals surface area contributed by atoms with Gasteiger partial charge in [-0.25, -0.2) is 0 Å². The zero-order valence-electron chi connectivity index (χ0n) is 10.8. The summed E-state index contributed by atoms with van der Waals surface area (Å²) in [6, 6.07) is 5.71. The lowest BCUT2D eigenvalue weighted by Gasteiger charge is -2.05. The SMILES string of the molecule is O=C1C=CC(=O)C=C1.O=S(O)Oc1ccccc1OS(=O)O. The van der Waals surface area contributed by atoms with Gasteiger partial charge >= 0.3 is 22.7 Å². The number of carbonyl (C=O) groups excluding carboxylic acids is 2. The van der Waals surface area contributed by atoms with E-state index in [1.807, 2.05) is 0 Å². The molecule has 0 aliphatic heterocycles. The maximum Gasteiger partial charge on any atom is 0.357 e. The summed E-state index contributed by atoms with van der Waals surface area (Å²) >= 11 is -5.00. The van der Waals surface area contributed by atoms with E-state index in [9.17, 15) is 18.0 Å². The molecule has 0 amide bonds. The third-order valence-electron chi connectivity index (χ3n) is 2.00. The van der Waals surface area contributed by atoms with Crippen LogP contribution in [0.5, 0.6) is 11.5 Å². The molecule has 0 radical (unpaired) electrons. The van der Waals surface area contributed by atoms with E-state index in [1.54, 1.807) is 0 Å². The Kier molecular flexibility index (Phi) is 7.32. The van der Waals surface area contributed by atoms with Gasteiger partial charge in [0, 0.05) is 0 Å². The van der Waals surface area contributed by atoms with Crippen LogP contribution in [-0.2, 0) is 32.3 Å². The molecular weight excluding hydrogens is 336 g/mol. The fourth-order valence-electron chi connectivity index (χ4n) is 1.18. The molecule has 22 heavy (non-hydrogen) atoms. The van der Waals surface area contributed by atoms with Gasteiger partial charge in [-0.2, -0.15) is 8.42 Å². The van der Waals surface area contributed by atoms with Crippen molar-refractivity contribution in [3.63, 3.8) is 0 Å². The number of hydrogen-bond acceptors (Lipinski definition) is 6. The molecule has 10 heteroatoms. The Morgan fingerprint density at radius 3 is 1.32 bits per heavy atom. The van der Waals surface area contributed by atoms with Gasteiger partial charge in [-0.05, 0) is 36.4 Å². The highest BCUT2D eigenvalue weighted by Gasteiger charge is 2.09. The van der Waals surface area contributed by atoms with E-state index < -0.39 is 22.7 Å². The first kappa shape index (κ1) is 17.9. The minimum atomic E-state index is -2.50. The summed E-state index contributed by atoms with van der Waals surface area (Å²) in [7, 11) is 0. The summed E-state index contributed by atoms with van der Waals surface area (Å²) in [4.78, 5) is 20.6. The second-order valence-corrected chi connectivity index (χ2v) is 4.72. The van der Waals surface area contributed by atoms with E-state index >= 15 is 0 Å². The second kappa shape index (κ2) is 9.00. The van der Waals surface area contributed by atoms with Crippen molar-refractivity contribution in [3.8, 4) is 11.5 Å². The van der Waals surface area contributed by atoms with Crippen molar-refractivity contribution < 1.29 is 35.5 Å². The van der Waals surface area contributed by atoms with E-state index in [1.165, 1.54) is 48.6 Å². The van der Waals surface area contributed by atoms with Gasteiger partial charge < -0.3 is 8.37 Å². The number of para-hydroxylation sites is 2. The molecule has 1 aliphatic carbocycles. The van der Waals surface area contributed by atoms with Crippen molar-refractivity contribution in [2.75, 3.05) is 0 Å². The molecule has 0 saturated carbocycles. The number of hydrogen-bond donors (Lipinski definition) is 2. The molecule has 2 N–H and O–H groups in total. The number of benzene rings is 1. The van der Waals surface area contributed by atoms with Crippen molar-refractivity contribution >= 4 is 34.3 Å². The molecule has 0 fully saturated rings. The van der Waals surface area contributed by atoms with Gasteiger partial charge in [-0.1, -0.05) is 12.1 Å². The maximum atomic E-state index is 10.3. The molecular formula is C12H10O8S2. The van der Waals surface area contributed by atoms with Gasteiger partial charge in [-0.3, -0.25) is 18.7 Å². The Morgan fingerprint density at radius 1 is 0.727 bits per heavy atom. The van der Waals surface area contributed by atoms with E-state index in [2.05, 4.69) is 8.37 Å². The predicted octanol–water partition coefficient (Wildman–Crippen LogP) is 0.968. The fraction of sp³-hybridized carbons (Fsp3) is 0. The van der Waals surface area contributed by atoms with Crippen LogP contribution < -0.4 is 8.37 Å². The minimum Gasteiger partial charge on any atom is -0.376 e. The summed E-state index contributed by atoms with van der Waals surface area (Å²) in [5, 5.41) is 0.